The van der Waals surface area contributed by atoms with Crippen molar-refractivity contribution in [3.8, 4) is 0 Å². The van der Waals surface area contributed by atoms with E-state index in [1.165, 1.54) is 25.7 Å². The summed E-state index contributed by atoms with van der Waals surface area (Å²) in [6.45, 7) is 7.16. The number of allylic oxidation sites excluding steroid dienone is 3. The van der Waals surface area contributed by atoms with E-state index in [4.69, 9.17) is 0 Å². The van der Waals surface area contributed by atoms with Gasteiger partial charge in [-0.05, 0) is 87.5 Å². The number of hydrogen-bond donors (Lipinski definition) is 2. The van der Waals surface area contributed by atoms with Crippen LogP contribution in [0.3, 0.4) is 0 Å². The number of halogens is 2. The van der Waals surface area contributed by atoms with Gasteiger partial charge in [-0.2, -0.15) is 0 Å². The van der Waals surface area contributed by atoms with Crippen molar-refractivity contribution < 1.29 is 19.0 Å². The molecule has 5 heteroatoms. The first-order valence-corrected chi connectivity index (χ1v) is 12.5. The van der Waals surface area contributed by atoms with Gasteiger partial charge in [-0.15, -0.1) is 0 Å². The zero-order chi connectivity index (χ0) is 22.2. The molecule has 0 amide bonds. The predicted octanol–water partition coefficient (Wildman–Crippen LogP) is 5.18. The van der Waals surface area contributed by atoms with Gasteiger partial charge in [-0.3, -0.25) is 0 Å². The summed E-state index contributed by atoms with van der Waals surface area (Å²) in [5.74, 6) is 1.36. The Kier molecular flexibility index (Phi) is 7.24. The zero-order valence-corrected chi connectivity index (χ0v) is 19.3. The van der Waals surface area contributed by atoms with Crippen LogP contribution in [0.25, 0.3) is 0 Å². The first-order valence-electron chi connectivity index (χ1n) is 12.5. The van der Waals surface area contributed by atoms with Crippen LogP contribution in [0.1, 0.15) is 71.6 Å². The number of alkyl halides is 2. The predicted molar refractivity (Wildman–Crippen MR) is 120 cm³/mol. The highest BCUT2D eigenvalue weighted by molar-refractivity contribution is 5.26. The molecule has 176 valence electrons. The highest BCUT2D eigenvalue weighted by Crippen LogP contribution is 2.59. The van der Waals surface area contributed by atoms with E-state index in [0.29, 0.717) is 55.4 Å². The fraction of sp³-hybridized carbons (Fsp3) is 0.846. The second-order valence-corrected chi connectivity index (χ2v) is 11.2. The van der Waals surface area contributed by atoms with Crippen molar-refractivity contribution in [2.45, 2.75) is 90.3 Å². The molecular weight excluding hydrogens is 396 g/mol. The standard InChI is InChI=1S/C26H41F2NO2/c1-17(15-29-11-9-20(16-29)25(27)28)23-7-8-24-19(4-3-10-26(23,24)2)6-5-18-12-21(30)14-22(31)13-18/h5-6,17,20-25,30-31H,3-4,7-16H2,1-2H3/b19-6+/t17?,20-,21-,22-,23-,24+,26-/m1/s1. The molecule has 3 saturated carbocycles. The average molecular weight is 438 g/mol. The van der Waals surface area contributed by atoms with Crippen LogP contribution in [-0.4, -0.2) is 53.4 Å². The van der Waals surface area contributed by atoms with Crippen LogP contribution in [-0.2, 0) is 0 Å². The number of rotatable bonds is 5. The highest BCUT2D eigenvalue weighted by Gasteiger charge is 2.51. The van der Waals surface area contributed by atoms with E-state index in [9.17, 15) is 19.0 Å². The largest absolute Gasteiger partial charge is 0.393 e. The van der Waals surface area contributed by atoms with Crippen molar-refractivity contribution >= 4 is 0 Å². The van der Waals surface area contributed by atoms with Crippen LogP contribution in [0.5, 0.6) is 0 Å². The zero-order valence-electron chi connectivity index (χ0n) is 19.3. The van der Waals surface area contributed by atoms with E-state index in [2.05, 4.69) is 30.9 Å². The fourth-order valence-electron chi connectivity index (χ4n) is 7.51. The van der Waals surface area contributed by atoms with Crippen LogP contribution in [0.2, 0.25) is 0 Å². The minimum Gasteiger partial charge on any atom is -0.393 e. The van der Waals surface area contributed by atoms with Crippen molar-refractivity contribution in [2.24, 2.45) is 29.1 Å². The van der Waals surface area contributed by atoms with Gasteiger partial charge in [0.15, 0.2) is 0 Å². The molecule has 0 aromatic carbocycles. The van der Waals surface area contributed by atoms with Crippen molar-refractivity contribution in [2.75, 3.05) is 19.6 Å². The lowest BCUT2D eigenvalue weighted by atomic mass is 9.61. The van der Waals surface area contributed by atoms with Gasteiger partial charge in [-0.1, -0.05) is 37.1 Å². The van der Waals surface area contributed by atoms with Gasteiger partial charge in [-0.25, -0.2) is 8.78 Å². The van der Waals surface area contributed by atoms with Gasteiger partial charge in [0, 0.05) is 19.0 Å². The Hall–Kier alpha value is -0.780. The van der Waals surface area contributed by atoms with Crippen molar-refractivity contribution in [1.29, 1.82) is 0 Å². The Labute approximate surface area is 186 Å². The average Bonchev–Trinajstić information content (AvgIpc) is 3.29. The highest BCUT2D eigenvalue weighted by atomic mass is 19.3. The molecule has 0 radical (unpaired) electrons. The number of likely N-dealkylation sites (tertiary alicyclic amines) is 1. The summed E-state index contributed by atoms with van der Waals surface area (Å²) < 4.78 is 26.1. The molecule has 7 atom stereocenters. The molecule has 0 aromatic heterocycles. The first kappa shape index (κ1) is 23.4. The number of aliphatic hydroxyl groups excluding tert-OH is 2. The monoisotopic (exact) mass is 437 g/mol. The van der Waals surface area contributed by atoms with Crippen molar-refractivity contribution in [1.82, 2.24) is 4.90 Å². The van der Waals surface area contributed by atoms with E-state index in [0.717, 1.165) is 25.1 Å². The van der Waals surface area contributed by atoms with Gasteiger partial charge >= 0.3 is 0 Å². The smallest absolute Gasteiger partial charge is 0.242 e. The third kappa shape index (κ3) is 5.09. The molecular formula is C26H41F2NO2. The molecule has 4 fully saturated rings. The summed E-state index contributed by atoms with van der Waals surface area (Å²) in [4.78, 5) is 2.28. The molecule has 0 spiro atoms. The maximum absolute atomic E-state index is 13.1. The molecule has 0 aromatic rings. The summed E-state index contributed by atoms with van der Waals surface area (Å²) in [6.07, 6.45) is 10.0. The second-order valence-electron chi connectivity index (χ2n) is 11.2. The van der Waals surface area contributed by atoms with E-state index < -0.39 is 24.6 Å². The molecule has 2 N–H and O–H groups in total. The molecule has 4 aliphatic rings. The molecule has 1 saturated heterocycles. The second kappa shape index (κ2) is 9.61. The van der Waals surface area contributed by atoms with Crippen LogP contribution >= 0.6 is 0 Å². The number of aliphatic hydroxyl groups is 2. The third-order valence-corrected chi connectivity index (χ3v) is 9.01. The molecule has 0 bridgehead atoms. The van der Waals surface area contributed by atoms with E-state index in [1.54, 1.807) is 5.57 Å². The minimum absolute atomic E-state index is 0.301. The van der Waals surface area contributed by atoms with E-state index in [1.807, 2.05) is 0 Å². The molecule has 3 nitrogen and oxygen atoms in total. The summed E-state index contributed by atoms with van der Waals surface area (Å²) in [6, 6.07) is 0. The SMILES string of the molecule is CC(CN1CC[C@@H](C(F)F)C1)[C@H]1CC[C@H]2/C(=C/C=C3C[C@@H](O)C[C@H](O)C3)CCC[C@]12C. The lowest BCUT2D eigenvalue weighted by Crippen LogP contribution is -2.39. The third-order valence-electron chi connectivity index (χ3n) is 9.01. The minimum atomic E-state index is -2.18. The molecule has 1 unspecified atom stereocenters. The van der Waals surface area contributed by atoms with E-state index in [-0.39, 0.29) is 0 Å². The first-order chi connectivity index (χ1) is 14.8. The summed E-state index contributed by atoms with van der Waals surface area (Å²) in [5, 5.41) is 19.9. The Morgan fingerprint density at radius 2 is 1.87 bits per heavy atom. The molecule has 4 rings (SSSR count). The number of fused-ring (bicyclic) bond motifs is 1. The van der Waals surface area contributed by atoms with Crippen LogP contribution in [0.15, 0.2) is 23.3 Å². The van der Waals surface area contributed by atoms with Gasteiger partial charge in [0.2, 0.25) is 6.43 Å². The maximum atomic E-state index is 13.1. The summed E-state index contributed by atoms with van der Waals surface area (Å²) >= 11 is 0. The summed E-state index contributed by atoms with van der Waals surface area (Å²) in [5.41, 5.74) is 3.01. The topological polar surface area (TPSA) is 43.7 Å². The molecule has 1 aliphatic heterocycles. The quantitative estimate of drug-likeness (QED) is 0.623. The maximum Gasteiger partial charge on any atom is 0.242 e. The van der Waals surface area contributed by atoms with E-state index >= 15 is 0 Å². The Morgan fingerprint density at radius 1 is 1.13 bits per heavy atom. The Morgan fingerprint density at radius 3 is 2.55 bits per heavy atom. The lowest BCUT2D eigenvalue weighted by Gasteiger charge is -2.45. The van der Waals surface area contributed by atoms with Gasteiger partial charge < -0.3 is 15.1 Å². The summed E-state index contributed by atoms with van der Waals surface area (Å²) in [7, 11) is 0. The molecule has 3 aliphatic carbocycles. The number of nitrogens with zero attached hydrogens (tertiary/aromatic N) is 1. The molecule has 31 heavy (non-hydrogen) atoms. The lowest BCUT2D eigenvalue weighted by molar-refractivity contribution is 0.0609. The number of hydrogen-bond acceptors (Lipinski definition) is 3. The van der Waals surface area contributed by atoms with Gasteiger partial charge in [0.25, 0.3) is 0 Å². The van der Waals surface area contributed by atoms with Crippen LogP contribution in [0.4, 0.5) is 8.78 Å². The Bertz CT molecular complexity index is 681. The van der Waals surface area contributed by atoms with Gasteiger partial charge in [0.1, 0.15) is 0 Å². The van der Waals surface area contributed by atoms with Crippen molar-refractivity contribution in [3.63, 3.8) is 0 Å². The van der Waals surface area contributed by atoms with Crippen LogP contribution < -0.4 is 0 Å². The Balaban J connectivity index is 1.41. The molecule has 1 heterocycles. The van der Waals surface area contributed by atoms with Gasteiger partial charge in [0.05, 0.1) is 12.2 Å². The normalized spacial score (nSPS) is 41.7. The fourth-order valence-corrected chi connectivity index (χ4v) is 7.51. The van der Waals surface area contributed by atoms with Crippen molar-refractivity contribution in [3.05, 3.63) is 23.3 Å². The van der Waals surface area contributed by atoms with Crippen LogP contribution in [0, 0.1) is 29.1 Å².